The van der Waals surface area contributed by atoms with Crippen LogP contribution in [0.5, 0.6) is 0 Å². The summed E-state index contributed by atoms with van der Waals surface area (Å²) in [5, 5.41) is 2.04. The highest BCUT2D eigenvalue weighted by Gasteiger charge is 2.14. The van der Waals surface area contributed by atoms with Crippen molar-refractivity contribution >= 4 is 50.5 Å². The summed E-state index contributed by atoms with van der Waals surface area (Å²) < 4.78 is 1.04. The summed E-state index contributed by atoms with van der Waals surface area (Å²) in [6.45, 7) is 2.08. The van der Waals surface area contributed by atoms with Gasteiger partial charge < -0.3 is 0 Å². The van der Waals surface area contributed by atoms with E-state index < -0.39 is 0 Å². The summed E-state index contributed by atoms with van der Waals surface area (Å²) in [4.78, 5) is 5.94. The molecule has 1 aromatic heterocycles. The van der Waals surface area contributed by atoms with E-state index in [1.165, 1.54) is 4.88 Å². The fraction of sp³-hybridized carbons (Fsp3) is 0.0625. The number of hydrogen-bond donors (Lipinski definition) is 0. The predicted octanol–water partition coefficient (Wildman–Crippen LogP) is 6.85. The lowest BCUT2D eigenvalue weighted by molar-refractivity contribution is 1.36. The molecule has 0 aliphatic heterocycles. The lowest BCUT2D eigenvalue weighted by atomic mass is 10.1. The summed E-state index contributed by atoms with van der Waals surface area (Å²) >= 11 is 17.3. The summed E-state index contributed by atoms with van der Waals surface area (Å²) in [7, 11) is 0. The standard InChI is InChI=1S/C16H10BrCl2NS/c1-9-15(11-4-2-3-5-12(11)17)20-16(21-9)10-6-7-13(18)14(19)8-10/h2-8H,1H3. The first kappa shape index (κ1) is 15.0. The molecular formula is C16H10BrCl2NS. The minimum atomic E-state index is 0.546. The van der Waals surface area contributed by atoms with Gasteiger partial charge in [0.25, 0.3) is 0 Å². The predicted molar refractivity (Wildman–Crippen MR) is 95.4 cm³/mol. The third-order valence-corrected chi connectivity index (χ3v) is 5.54. The number of nitrogens with zero attached hydrogens (tertiary/aromatic N) is 1. The van der Waals surface area contributed by atoms with Crippen LogP contribution in [0, 0.1) is 6.92 Å². The van der Waals surface area contributed by atoms with E-state index in [9.17, 15) is 0 Å². The second-order valence-corrected chi connectivity index (χ2v) is 7.40. The molecule has 0 aliphatic rings. The Bertz CT molecular complexity index is 814. The van der Waals surface area contributed by atoms with E-state index in [1.54, 1.807) is 17.4 Å². The minimum Gasteiger partial charge on any atom is -0.236 e. The van der Waals surface area contributed by atoms with Crippen molar-refractivity contribution in [3.05, 3.63) is 61.9 Å². The van der Waals surface area contributed by atoms with Crippen molar-refractivity contribution in [2.75, 3.05) is 0 Å². The van der Waals surface area contributed by atoms with Crippen LogP contribution < -0.4 is 0 Å². The second-order valence-electron chi connectivity index (χ2n) is 4.53. The SMILES string of the molecule is Cc1sc(-c2ccc(Cl)c(Cl)c2)nc1-c1ccccc1Br. The molecular weight excluding hydrogens is 389 g/mol. The van der Waals surface area contributed by atoms with Gasteiger partial charge in [-0.1, -0.05) is 63.4 Å². The topological polar surface area (TPSA) is 12.9 Å². The van der Waals surface area contributed by atoms with Crippen LogP contribution in [-0.2, 0) is 0 Å². The highest BCUT2D eigenvalue weighted by atomic mass is 79.9. The molecule has 0 saturated heterocycles. The van der Waals surface area contributed by atoms with Crippen molar-refractivity contribution in [1.82, 2.24) is 4.98 Å². The van der Waals surface area contributed by atoms with Crippen LogP contribution in [0.1, 0.15) is 4.88 Å². The Morgan fingerprint density at radius 3 is 2.52 bits per heavy atom. The molecule has 1 heterocycles. The molecule has 3 rings (SSSR count). The molecule has 0 saturated carbocycles. The lowest BCUT2D eigenvalue weighted by Gasteiger charge is -2.01. The van der Waals surface area contributed by atoms with Crippen LogP contribution in [0.2, 0.25) is 10.0 Å². The van der Waals surface area contributed by atoms with Crippen LogP contribution >= 0.6 is 50.5 Å². The van der Waals surface area contributed by atoms with Gasteiger partial charge in [-0.15, -0.1) is 11.3 Å². The molecule has 0 fully saturated rings. The van der Waals surface area contributed by atoms with E-state index in [2.05, 4.69) is 28.9 Å². The number of benzene rings is 2. The fourth-order valence-corrected chi connectivity index (χ4v) is 3.75. The number of halogens is 3. The molecule has 1 nitrogen and oxygen atoms in total. The maximum absolute atomic E-state index is 6.09. The Labute approximate surface area is 145 Å². The largest absolute Gasteiger partial charge is 0.236 e. The van der Waals surface area contributed by atoms with Crippen molar-refractivity contribution in [2.45, 2.75) is 6.92 Å². The molecule has 0 aliphatic carbocycles. The zero-order valence-corrected chi connectivity index (χ0v) is 14.9. The Hall–Kier alpha value is -0.870. The highest BCUT2D eigenvalue weighted by Crippen LogP contribution is 2.37. The van der Waals surface area contributed by atoms with E-state index >= 15 is 0 Å². The van der Waals surface area contributed by atoms with Crippen LogP contribution in [0.25, 0.3) is 21.8 Å². The van der Waals surface area contributed by atoms with Gasteiger partial charge in [-0.25, -0.2) is 4.98 Å². The molecule has 0 unspecified atom stereocenters. The molecule has 0 spiro atoms. The maximum atomic E-state index is 6.09. The Morgan fingerprint density at radius 2 is 1.81 bits per heavy atom. The van der Waals surface area contributed by atoms with Crippen molar-refractivity contribution in [3.63, 3.8) is 0 Å². The maximum Gasteiger partial charge on any atom is 0.124 e. The zero-order chi connectivity index (χ0) is 15.0. The van der Waals surface area contributed by atoms with Gasteiger partial charge in [-0.3, -0.25) is 0 Å². The van der Waals surface area contributed by atoms with E-state index in [1.807, 2.05) is 30.3 Å². The third-order valence-electron chi connectivity index (χ3n) is 3.09. The summed E-state index contributed by atoms with van der Waals surface area (Å²) in [5.74, 6) is 0. The van der Waals surface area contributed by atoms with Gasteiger partial charge in [0.05, 0.1) is 15.7 Å². The van der Waals surface area contributed by atoms with Gasteiger partial charge in [0.1, 0.15) is 5.01 Å². The van der Waals surface area contributed by atoms with Crippen molar-refractivity contribution < 1.29 is 0 Å². The fourth-order valence-electron chi connectivity index (χ4n) is 2.05. The minimum absolute atomic E-state index is 0.546. The quantitative estimate of drug-likeness (QED) is 0.459. The molecule has 0 N–H and O–H groups in total. The summed E-state index contributed by atoms with van der Waals surface area (Å²) in [6, 6.07) is 13.7. The normalized spacial score (nSPS) is 10.9. The number of rotatable bonds is 2. The zero-order valence-electron chi connectivity index (χ0n) is 11.0. The first-order valence-corrected chi connectivity index (χ1v) is 8.60. The number of aryl methyl sites for hydroxylation is 1. The number of thiazole rings is 1. The van der Waals surface area contributed by atoms with Gasteiger partial charge in [0.15, 0.2) is 0 Å². The van der Waals surface area contributed by atoms with E-state index in [0.29, 0.717) is 10.0 Å². The molecule has 0 bridgehead atoms. The average Bonchev–Trinajstić information content (AvgIpc) is 2.84. The van der Waals surface area contributed by atoms with Crippen molar-refractivity contribution in [3.8, 4) is 21.8 Å². The Balaban J connectivity index is 2.09. The molecule has 21 heavy (non-hydrogen) atoms. The molecule has 5 heteroatoms. The van der Waals surface area contributed by atoms with E-state index in [4.69, 9.17) is 28.2 Å². The second kappa shape index (κ2) is 6.09. The van der Waals surface area contributed by atoms with E-state index in [-0.39, 0.29) is 0 Å². The van der Waals surface area contributed by atoms with Gasteiger partial charge in [-0.05, 0) is 25.1 Å². The van der Waals surface area contributed by atoms with Gasteiger partial charge >= 0.3 is 0 Å². The first-order valence-electron chi connectivity index (χ1n) is 6.24. The third kappa shape index (κ3) is 3.02. The average molecular weight is 399 g/mol. The van der Waals surface area contributed by atoms with Crippen molar-refractivity contribution in [1.29, 1.82) is 0 Å². The number of hydrogen-bond acceptors (Lipinski definition) is 2. The molecule has 0 radical (unpaired) electrons. The van der Waals surface area contributed by atoms with Crippen LogP contribution in [-0.4, -0.2) is 4.98 Å². The van der Waals surface area contributed by atoms with Crippen LogP contribution in [0.4, 0.5) is 0 Å². The molecule has 0 atom stereocenters. The number of aromatic nitrogens is 1. The lowest BCUT2D eigenvalue weighted by Crippen LogP contribution is -1.83. The molecule has 3 aromatic rings. The van der Waals surface area contributed by atoms with Gasteiger partial charge in [0.2, 0.25) is 0 Å². The van der Waals surface area contributed by atoms with Crippen molar-refractivity contribution in [2.24, 2.45) is 0 Å². The van der Waals surface area contributed by atoms with Gasteiger partial charge in [-0.2, -0.15) is 0 Å². The Kier molecular flexibility index (Phi) is 4.36. The summed E-state index contributed by atoms with van der Waals surface area (Å²) in [6.07, 6.45) is 0. The van der Waals surface area contributed by atoms with Crippen LogP contribution in [0.3, 0.4) is 0 Å². The molecule has 106 valence electrons. The highest BCUT2D eigenvalue weighted by molar-refractivity contribution is 9.10. The summed E-state index contributed by atoms with van der Waals surface area (Å²) in [5.41, 5.74) is 3.07. The monoisotopic (exact) mass is 397 g/mol. The molecule has 2 aromatic carbocycles. The van der Waals surface area contributed by atoms with E-state index in [0.717, 1.165) is 26.3 Å². The van der Waals surface area contributed by atoms with Crippen LogP contribution in [0.15, 0.2) is 46.9 Å². The smallest absolute Gasteiger partial charge is 0.124 e. The van der Waals surface area contributed by atoms with Gasteiger partial charge in [0, 0.05) is 20.5 Å². The molecule has 0 amide bonds. The first-order chi connectivity index (χ1) is 10.1. The Morgan fingerprint density at radius 1 is 1.05 bits per heavy atom.